The summed E-state index contributed by atoms with van der Waals surface area (Å²) in [6.45, 7) is 3.72. The number of rotatable bonds is 4. The molecule has 0 radical (unpaired) electrons. The molecule has 0 aliphatic carbocycles. The van der Waals surface area contributed by atoms with Gasteiger partial charge in [-0.25, -0.2) is 8.42 Å². The first kappa shape index (κ1) is 16.1. The van der Waals surface area contributed by atoms with Gasteiger partial charge in [0.05, 0.1) is 17.5 Å². The monoisotopic (exact) mass is 337 g/mol. The number of sulfone groups is 1. The number of nitrogens with zero attached hydrogens (tertiary/aromatic N) is 1. The van der Waals surface area contributed by atoms with Gasteiger partial charge in [-0.1, -0.05) is 18.2 Å². The van der Waals surface area contributed by atoms with E-state index in [1.807, 2.05) is 0 Å². The van der Waals surface area contributed by atoms with Crippen molar-refractivity contribution >= 4 is 22.0 Å². The Morgan fingerprint density at radius 3 is 2.57 bits per heavy atom. The summed E-state index contributed by atoms with van der Waals surface area (Å²) in [7, 11) is -3.86. The van der Waals surface area contributed by atoms with Gasteiger partial charge in [0.25, 0.3) is 0 Å². The van der Waals surface area contributed by atoms with E-state index in [2.05, 4.69) is 0 Å². The maximum atomic E-state index is 13.0. The summed E-state index contributed by atoms with van der Waals surface area (Å²) < 4.78 is 31.6. The first-order valence-corrected chi connectivity index (χ1v) is 9.05. The highest BCUT2D eigenvalue weighted by molar-refractivity contribution is 7.92. The van der Waals surface area contributed by atoms with Crippen LogP contribution in [-0.2, 0) is 24.2 Å². The van der Waals surface area contributed by atoms with Gasteiger partial charge >= 0.3 is 0 Å². The highest BCUT2D eigenvalue weighted by Crippen LogP contribution is 2.43. The van der Waals surface area contributed by atoms with Crippen molar-refractivity contribution in [1.29, 1.82) is 0 Å². The van der Waals surface area contributed by atoms with Crippen LogP contribution in [0.25, 0.3) is 0 Å². The smallest absolute Gasteiger partial charge is 0.244 e. The molecule has 2 fully saturated rings. The van der Waals surface area contributed by atoms with Crippen molar-refractivity contribution in [1.82, 2.24) is 4.90 Å². The van der Waals surface area contributed by atoms with Crippen LogP contribution in [-0.4, -0.2) is 49.1 Å². The van der Waals surface area contributed by atoms with Gasteiger partial charge in [0.1, 0.15) is 17.3 Å². The molecule has 2 aliphatic heterocycles. The van der Waals surface area contributed by atoms with E-state index in [0.29, 0.717) is 6.29 Å². The fourth-order valence-corrected chi connectivity index (χ4v) is 5.57. The van der Waals surface area contributed by atoms with Crippen LogP contribution >= 0.6 is 0 Å². The highest BCUT2D eigenvalue weighted by atomic mass is 32.2. The summed E-state index contributed by atoms with van der Waals surface area (Å²) in [4.78, 5) is 25.5. The lowest BCUT2D eigenvalue weighted by Crippen LogP contribution is -2.46. The molecule has 7 heteroatoms. The number of amides is 1. The molecule has 6 nitrogen and oxygen atoms in total. The molecule has 0 N–H and O–H groups in total. The zero-order valence-corrected chi connectivity index (χ0v) is 13.8. The number of fused-ring (bicyclic) bond motifs is 1. The predicted octanol–water partition coefficient (Wildman–Crippen LogP) is 1.01. The van der Waals surface area contributed by atoms with Gasteiger partial charge < -0.3 is 14.4 Å². The van der Waals surface area contributed by atoms with E-state index in [1.54, 1.807) is 32.0 Å². The first-order valence-electron chi connectivity index (χ1n) is 7.50. The molecular weight excluding hydrogens is 318 g/mol. The van der Waals surface area contributed by atoms with Crippen molar-refractivity contribution in [3.63, 3.8) is 0 Å². The average Bonchev–Trinajstić information content (AvgIpc) is 2.97. The Balaban J connectivity index is 2.07. The van der Waals surface area contributed by atoms with Crippen LogP contribution in [0.1, 0.15) is 20.3 Å². The first-order chi connectivity index (χ1) is 10.8. The molecule has 0 aromatic heterocycles. The fourth-order valence-electron chi connectivity index (χ4n) is 3.61. The molecule has 2 saturated heterocycles. The molecular formula is C16H19NO5S. The maximum absolute atomic E-state index is 13.0. The SMILES string of the molecule is CC1(C)OC[C@@H]2[C@@H](CC=O)[C@H](S(=O)(=O)c3ccccc3)C(=O)N21. The van der Waals surface area contributed by atoms with Gasteiger partial charge in [0, 0.05) is 12.3 Å². The lowest BCUT2D eigenvalue weighted by atomic mass is 9.97. The van der Waals surface area contributed by atoms with Crippen molar-refractivity contribution in [3.05, 3.63) is 30.3 Å². The van der Waals surface area contributed by atoms with Crippen LogP contribution in [0.2, 0.25) is 0 Å². The molecule has 1 aromatic rings. The van der Waals surface area contributed by atoms with E-state index in [1.165, 1.54) is 17.0 Å². The van der Waals surface area contributed by atoms with E-state index in [9.17, 15) is 18.0 Å². The number of ether oxygens (including phenoxy) is 1. The number of carbonyl (C=O) groups is 2. The zero-order chi connectivity index (χ0) is 16.8. The molecule has 2 heterocycles. The Labute approximate surface area is 135 Å². The Morgan fingerprint density at radius 2 is 1.96 bits per heavy atom. The minimum absolute atomic E-state index is 0.0169. The molecule has 124 valence electrons. The van der Waals surface area contributed by atoms with E-state index < -0.39 is 32.6 Å². The molecule has 3 rings (SSSR count). The summed E-state index contributed by atoms with van der Waals surface area (Å²) >= 11 is 0. The van der Waals surface area contributed by atoms with Gasteiger partial charge in [-0.3, -0.25) is 4.79 Å². The third-order valence-electron chi connectivity index (χ3n) is 4.66. The second-order valence-corrected chi connectivity index (χ2v) is 8.45. The Kier molecular flexibility index (Phi) is 3.80. The second-order valence-electron chi connectivity index (χ2n) is 6.38. The van der Waals surface area contributed by atoms with Crippen LogP contribution in [0.15, 0.2) is 35.2 Å². The standard InChI is InChI=1S/C16H19NO5S/c1-16(2)17-13(10-22-16)12(8-9-18)14(15(17)19)23(20,21)11-6-4-3-5-7-11/h3-7,9,12-14H,8,10H2,1-2H3/t12-,13-,14+/m1/s1. The van der Waals surface area contributed by atoms with Crippen LogP contribution in [0.5, 0.6) is 0 Å². The highest BCUT2D eigenvalue weighted by Gasteiger charge is 2.60. The van der Waals surface area contributed by atoms with Gasteiger partial charge in [-0.2, -0.15) is 0 Å². The third kappa shape index (κ3) is 2.38. The number of hydrogen-bond acceptors (Lipinski definition) is 5. The molecule has 2 aliphatic rings. The van der Waals surface area contributed by atoms with Crippen LogP contribution in [0.3, 0.4) is 0 Å². The van der Waals surface area contributed by atoms with Crippen molar-refractivity contribution in [2.45, 2.75) is 42.2 Å². The van der Waals surface area contributed by atoms with Gasteiger partial charge in [-0.15, -0.1) is 0 Å². The number of carbonyl (C=O) groups excluding carboxylic acids is 2. The summed E-state index contributed by atoms with van der Waals surface area (Å²) in [5, 5.41) is -1.23. The van der Waals surface area contributed by atoms with Crippen LogP contribution < -0.4 is 0 Å². The molecule has 0 bridgehead atoms. The van der Waals surface area contributed by atoms with Gasteiger partial charge in [-0.05, 0) is 26.0 Å². The summed E-state index contributed by atoms with van der Waals surface area (Å²) in [5.74, 6) is -1.07. The molecule has 0 unspecified atom stereocenters. The lowest BCUT2D eigenvalue weighted by molar-refractivity contribution is -0.141. The van der Waals surface area contributed by atoms with Crippen molar-refractivity contribution < 1.29 is 22.7 Å². The largest absolute Gasteiger partial charge is 0.354 e. The number of hydrogen-bond donors (Lipinski definition) is 0. The van der Waals surface area contributed by atoms with Crippen LogP contribution in [0.4, 0.5) is 0 Å². The normalized spacial score (nSPS) is 29.6. The van der Waals surface area contributed by atoms with Crippen molar-refractivity contribution in [2.75, 3.05) is 6.61 Å². The molecule has 0 saturated carbocycles. The Morgan fingerprint density at radius 1 is 1.30 bits per heavy atom. The summed E-state index contributed by atoms with van der Waals surface area (Å²) in [5.41, 5.74) is -0.857. The maximum Gasteiger partial charge on any atom is 0.244 e. The van der Waals surface area contributed by atoms with E-state index in [4.69, 9.17) is 4.74 Å². The van der Waals surface area contributed by atoms with E-state index in [0.717, 1.165) is 0 Å². The van der Waals surface area contributed by atoms with Crippen molar-refractivity contribution in [2.24, 2.45) is 5.92 Å². The molecule has 23 heavy (non-hydrogen) atoms. The average molecular weight is 337 g/mol. The summed E-state index contributed by atoms with van der Waals surface area (Å²) in [6, 6.07) is 7.53. The van der Waals surface area contributed by atoms with Gasteiger partial charge in [0.15, 0.2) is 9.84 Å². The topological polar surface area (TPSA) is 80.8 Å². The van der Waals surface area contributed by atoms with Crippen LogP contribution in [0, 0.1) is 5.92 Å². The zero-order valence-electron chi connectivity index (χ0n) is 13.0. The predicted molar refractivity (Wildman–Crippen MR) is 82.3 cm³/mol. The second kappa shape index (κ2) is 5.42. The van der Waals surface area contributed by atoms with Gasteiger partial charge in [0.2, 0.25) is 5.91 Å². The number of benzene rings is 1. The quantitative estimate of drug-likeness (QED) is 0.766. The molecule has 0 spiro atoms. The fraction of sp³-hybridized carbons (Fsp3) is 0.500. The Hall–Kier alpha value is -1.73. The summed E-state index contributed by atoms with van der Waals surface area (Å²) in [6.07, 6.45) is 0.698. The number of aldehydes is 1. The Bertz CT molecular complexity index is 728. The van der Waals surface area contributed by atoms with E-state index in [-0.39, 0.29) is 24.0 Å². The third-order valence-corrected chi connectivity index (χ3v) is 6.81. The minimum Gasteiger partial charge on any atom is -0.354 e. The molecule has 1 aromatic carbocycles. The molecule has 1 amide bonds. The minimum atomic E-state index is -3.86. The van der Waals surface area contributed by atoms with Crippen molar-refractivity contribution in [3.8, 4) is 0 Å². The molecule has 3 atom stereocenters. The lowest BCUT2D eigenvalue weighted by Gasteiger charge is -2.29. The van der Waals surface area contributed by atoms with E-state index >= 15 is 0 Å².